The summed E-state index contributed by atoms with van der Waals surface area (Å²) >= 11 is 0. The molecule has 0 saturated heterocycles. The Labute approximate surface area is 186 Å². The van der Waals surface area contributed by atoms with E-state index in [2.05, 4.69) is 10.6 Å². The fourth-order valence-electron chi connectivity index (χ4n) is 3.37. The number of anilines is 1. The Balaban J connectivity index is 1.65. The van der Waals surface area contributed by atoms with Crippen molar-refractivity contribution >= 4 is 28.5 Å². The van der Waals surface area contributed by atoms with E-state index in [9.17, 15) is 14.4 Å². The minimum absolute atomic E-state index is 0.125. The van der Waals surface area contributed by atoms with Crippen LogP contribution in [0, 0.1) is 6.92 Å². The van der Waals surface area contributed by atoms with Gasteiger partial charge >= 0.3 is 5.63 Å². The molecule has 0 unspecified atom stereocenters. The number of carbonyl (C=O) groups is 2. The predicted molar refractivity (Wildman–Crippen MR) is 124 cm³/mol. The summed E-state index contributed by atoms with van der Waals surface area (Å²) in [6, 6.07) is 12.0. The van der Waals surface area contributed by atoms with E-state index in [0.29, 0.717) is 28.1 Å². The van der Waals surface area contributed by atoms with Gasteiger partial charge in [0.05, 0.1) is 7.11 Å². The van der Waals surface area contributed by atoms with E-state index in [4.69, 9.17) is 9.15 Å². The third kappa shape index (κ3) is 5.55. The summed E-state index contributed by atoms with van der Waals surface area (Å²) < 4.78 is 10.6. The van der Waals surface area contributed by atoms with Gasteiger partial charge in [0.2, 0.25) is 5.91 Å². The molecule has 0 aliphatic heterocycles. The number of fused-ring (bicyclic) bond motifs is 1. The Kier molecular flexibility index (Phi) is 6.67. The molecule has 1 aromatic heterocycles. The topological polar surface area (TPSA) is 97.6 Å². The first-order valence-electron chi connectivity index (χ1n) is 10.4. The minimum atomic E-state index is -0.453. The highest BCUT2D eigenvalue weighted by Crippen LogP contribution is 2.24. The van der Waals surface area contributed by atoms with Crippen LogP contribution in [0.2, 0.25) is 0 Å². The first kappa shape index (κ1) is 23.1. The fourth-order valence-corrected chi connectivity index (χ4v) is 3.37. The number of benzene rings is 2. The van der Waals surface area contributed by atoms with Crippen molar-refractivity contribution in [1.29, 1.82) is 0 Å². The van der Waals surface area contributed by atoms with Crippen molar-refractivity contribution in [1.82, 2.24) is 5.32 Å². The fraction of sp³-hybridized carbons (Fsp3) is 0.320. The monoisotopic (exact) mass is 436 g/mol. The number of ether oxygens (including phenoxy) is 1. The van der Waals surface area contributed by atoms with E-state index >= 15 is 0 Å². The van der Waals surface area contributed by atoms with E-state index in [1.165, 1.54) is 0 Å². The van der Waals surface area contributed by atoms with E-state index in [1.54, 1.807) is 43.5 Å². The molecule has 0 bridgehead atoms. The van der Waals surface area contributed by atoms with Gasteiger partial charge in [-0.05, 0) is 76.1 Å². The Bertz CT molecular complexity index is 1200. The highest BCUT2D eigenvalue weighted by atomic mass is 16.5. The third-order valence-corrected chi connectivity index (χ3v) is 5.02. The molecule has 32 heavy (non-hydrogen) atoms. The Morgan fingerprint density at radius 1 is 1.06 bits per heavy atom. The number of aryl methyl sites for hydroxylation is 1. The molecule has 2 N–H and O–H groups in total. The van der Waals surface area contributed by atoms with Gasteiger partial charge in [-0.1, -0.05) is 0 Å². The van der Waals surface area contributed by atoms with Gasteiger partial charge in [-0.15, -0.1) is 0 Å². The van der Waals surface area contributed by atoms with Crippen molar-refractivity contribution < 1.29 is 18.7 Å². The van der Waals surface area contributed by atoms with Crippen LogP contribution in [0.3, 0.4) is 0 Å². The van der Waals surface area contributed by atoms with Crippen molar-refractivity contribution in [2.24, 2.45) is 0 Å². The maximum atomic E-state index is 12.4. The standard InChI is InChI=1S/C25H28N2O5/c1-15-19-11-10-18(31-5)14-21(19)32-24(30)20(15)12-13-22(28)26-17-8-6-16(7-9-17)23(29)27-25(2,3)4/h6-11,14H,12-13H2,1-5H3,(H,26,28)(H,27,29). The average molecular weight is 437 g/mol. The normalized spacial score (nSPS) is 11.3. The number of amides is 2. The summed E-state index contributed by atoms with van der Waals surface area (Å²) in [6.07, 6.45) is 0.383. The van der Waals surface area contributed by atoms with Gasteiger partial charge in [-0.3, -0.25) is 9.59 Å². The molecule has 7 nitrogen and oxygen atoms in total. The molecule has 0 spiro atoms. The lowest BCUT2D eigenvalue weighted by molar-refractivity contribution is -0.116. The van der Waals surface area contributed by atoms with Crippen LogP contribution in [0.1, 0.15) is 48.7 Å². The van der Waals surface area contributed by atoms with Gasteiger partial charge in [-0.25, -0.2) is 4.79 Å². The van der Waals surface area contributed by atoms with Crippen LogP contribution in [0.15, 0.2) is 51.7 Å². The van der Waals surface area contributed by atoms with Crippen LogP contribution in [0.25, 0.3) is 11.0 Å². The Hall–Kier alpha value is -3.61. The quantitative estimate of drug-likeness (QED) is 0.564. The van der Waals surface area contributed by atoms with Crippen LogP contribution in [-0.4, -0.2) is 24.5 Å². The number of rotatable bonds is 6. The highest BCUT2D eigenvalue weighted by molar-refractivity contribution is 5.96. The predicted octanol–water partition coefficient (Wildman–Crippen LogP) is 4.21. The maximum Gasteiger partial charge on any atom is 0.339 e. The molecular formula is C25H28N2O5. The van der Waals surface area contributed by atoms with E-state index in [0.717, 1.165) is 10.9 Å². The van der Waals surface area contributed by atoms with Gasteiger partial charge in [0, 0.05) is 40.2 Å². The molecule has 3 rings (SSSR count). The van der Waals surface area contributed by atoms with Gasteiger partial charge in [0.25, 0.3) is 5.91 Å². The average Bonchev–Trinajstić information content (AvgIpc) is 2.72. The smallest absolute Gasteiger partial charge is 0.339 e. The van der Waals surface area contributed by atoms with Crippen LogP contribution in [0.4, 0.5) is 5.69 Å². The molecule has 0 aliphatic carbocycles. The van der Waals surface area contributed by atoms with Crippen LogP contribution in [0.5, 0.6) is 5.75 Å². The maximum absolute atomic E-state index is 12.4. The van der Waals surface area contributed by atoms with Crippen molar-refractivity contribution in [3.8, 4) is 5.75 Å². The molecule has 2 amide bonds. The molecule has 0 aliphatic rings. The van der Waals surface area contributed by atoms with Crippen molar-refractivity contribution in [2.45, 2.75) is 46.1 Å². The van der Waals surface area contributed by atoms with E-state index in [-0.39, 0.29) is 30.2 Å². The molecule has 168 valence electrons. The van der Waals surface area contributed by atoms with Gasteiger partial charge < -0.3 is 19.8 Å². The van der Waals surface area contributed by atoms with Gasteiger partial charge in [0.1, 0.15) is 11.3 Å². The number of hydrogen-bond donors (Lipinski definition) is 2. The van der Waals surface area contributed by atoms with Crippen molar-refractivity contribution in [3.05, 3.63) is 69.6 Å². The zero-order valence-electron chi connectivity index (χ0n) is 19.0. The zero-order valence-corrected chi connectivity index (χ0v) is 19.0. The second-order valence-corrected chi connectivity index (χ2v) is 8.68. The molecule has 7 heteroatoms. The lowest BCUT2D eigenvalue weighted by Gasteiger charge is -2.20. The zero-order chi connectivity index (χ0) is 23.5. The summed E-state index contributed by atoms with van der Waals surface area (Å²) in [4.78, 5) is 37.1. The van der Waals surface area contributed by atoms with Crippen LogP contribution >= 0.6 is 0 Å². The number of carbonyl (C=O) groups excluding carboxylic acids is 2. The third-order valence-electron chi connectivity index (χ3n) is 5.02. The molecular weight excluding hydrogens is 408 g/mol. The van der Waals surface area contributed by atoms with Crippen molar-refractivity contribution in [2.75, 3.05) is 12.4 Å². The SMILES string of the molecule is COc1ccc2c(C)c(CCC(=O)Nc3ccc(C(=O)NC(C)(C)C)cc3)c(=O)oc2c1. The molecule has 0 radical (unpaired) electrons. The Morgan fingerprint density at radius 3 is 2.38 bits per heavy atom. The molecule has 3 aromatic rings. The van der Waals surface area contributed by atoms with Crippen molar-refractivity contribution in [3.63, 3.8) is 0 Å². The second kappa shape index (κ2) is 9.26. The minimum Gasteiger partial charge on any atom is -0.497 e. The highest BCUT2D eigenvalue weighted by Gasteiger charge is 2.16. The lowest BCUT2D eigenvalue weighted by atomic mass is 10.0. The first-order valence-corrected chi connectivity index (χ1v) is 10.4. The summed E-state index contributed by atoms with van der Waals surface area (Å²) in [5.74, 6) is 0.200. The molecule has 0 atom stereocenters. The lowest BCUT2D eigenvalue weighted by Crippen LogP contribution is -2.40. The summed E-state index contributed by atoms with van der Waals surface area (Å²) in [6.45, 7) is 7.58. The van der Waals surface area contributed by atoms with Crippen LogP contribution in [-0.2, 0) is 11.2 Å². The summed E-state index contributed by atoms with van der Waals surface area (Å²) in [5.41, 5.74) is 2.04. The van der Waals surface area contributed by atoms with Gasteiger partial charge in [-0.2, -0.15) is 0 Å². The van der Waals surface area contributed by atoms with Crippen LogP contribution < -0.4 is 21.0 Å². The number of nitrogens with one attached hydrogen (secondary N) is 2. The second-order valence-electron chi connectivity index (χ2n) is 8.68. The largest absolute Gasteiger partial charge is 0.497 e. The molecule has 1 heterocycles. The number of methoxy groups -OCH3 is 1. The van der Waals surface area contributed by atoms with Gasteiger partial charge in [0.15, 0.2) is 0 Å². The summed E-state index contributed by atoms with van der Waals surface area (Å²) in [5, 5.41) is 6.50. The molecule has 2 aromatic carbocycles. The van der Waals surface area contributed by atoms with E-state index < -0.39 is 5.63 Å². The Morgan fingerprint density at radius 2 is 1.75 bits per heavy atom. The van der Waals surface area contributed by atoms with E-state index in [1.807, 2.05) is 33.8 Å². The molecule has 0 fully saturated rings. The first-order chi connectivity index (χ1) is 15.1. The summed E-state index contributed by atoms with van der Waals surface area (Å²) in [7, 11) is 1.55. The molecule has 0 saturated carbocycles. The number of hydrogen-bond acceptors (Lipinski definition) is 5.